The van der Waals surface area contributed by atoms with E-state index in [1.807, 2.05) is 24.3 Å². The number of hydrogen-bond donors (Lipinski definition) is 1. The molecular weight excluding hydrogens is 406 g/mol. The molecule has 1 heterocycles. The normalized spacial score (nSPS) is 17.5. The summed E-state index contributed by atoms with van der Waals surface area (Å²) in [5.74, 6) is 1.20. The molecule has 1 aliphatic heterocycles. The van der Waals surface area contributed by atoms with Gasteiger partial charge in [-0.15, -0.1) is 0 Å². The van der Waals surface area contributed by atoms with Crippen molar-refractivity contribution in [2.75, 3.05) is 18.5 Å². The highest BCUT2D eigenvalue weighted by atomic mass is 79.9. The molecule has 6 heteroatoms. The van der Waals surface area contributed by atoms with Crippen LogP contribution in [-0.2, 0) is 10.2 Å². The average molecular weight is 423 g/mol. The Hall–Kier alpha value is -1.72. The lowest BCUT2D eigenvalue weighted by Crippen LogP contribution is -2.27. The highest BCUT2D eigenvalue weighted by Crippen LogP contribution is 2.49. The van der Waals surface area contributed by atoms with E-state index in [2.05, 4.69) is 21.2 Å². The van der Waals surface area contributed by atoms with E-state index in [4.69, 9.17) is 21.1 Å². The van der Waals surface area contributed by atoms with Gasteiger partial charge in [0.1, 0.15) is 0 Å². The van der Waals surface area contributed by atoms with Crippen molar-refractivity contribution >= 4 is 39.1 Å². The summed E-state index contributed by atoms with van der Waals surface area (Å²) in [6.45, 7) is 1.19. The molecule has 1 saturated carbocycles. The third kappa shape index (κ3) is 3.23. The van der Waals surface area contributed by atoms with E-state index >= 15 is 0 Å². The molecule has 4 nitrogen and oxygen atoms in total. The molecule has 1 N–H and O–H groups in total. The molecule has 0 atom stereocenters. The first-order chi connectivity index (χ1) is 12.1. The average Bonchev–Trinajstić information content (AvgIpc) is 3.41. The number of benzene rings is 2. The number of nitrogens with one attached hydrogen (secondary N) is 1. The first-order valence-corrected chi connectivity index (χ1v) is 9.42. The third-order valence-electron chi connectivity index (χ3n) is 4.67. The number of carbonyl (C=O) groups is 1. The number of rotatable bonds is 3. The van der Waals surface area contributed by atoms with Gasteiger partial charge in [-0.05, 0) is 30.5 Å². The maximum Gasteiger partial charge on any atom is 0.235 e. The van der Waals surface area contributed by atoms with Gasteiger partial charge in [0.05, 0.1) is 29.3 Å². The van der Waals surface area contributed by atoms with E-state index in [0.717, 1.165) is 29.3 Å². The molecule has 0 unspecified atom stereocenters. The summed E-state index contributed by atoms with van der Waals surface area (Å²) in [6.07, 6.45) is 2.49. The van der Waals surface area contributed by atoms with Crippen LogP contribution in [-0.4, -0.2) is 19.1 Å². The smallest absolute Gasteiger partial charge is 0.235 e. The van der Waals surface area contributed by atoms with Crippen molar-refractivity contribution in [3.8, 4) is 11.5 Å². The number of carbonyl (C=O) groups excluding carboxylic acids is 1. The largest absolute Gasteiger partial charge is 0.490 e. The van der Waals surface area contributed by atoms with E-state index < -0.39 is 5.41 Å². The summed E-state index contributed by atoms with van der Waals surface area (Å²) < 4.78 is 12.3. The number of hydrogen-bond acceptors (Lipinski definition) is 3. The Morgan fingerprint density at radius 3 is 2.36 bits per heavy atom. The van der Waals surface area contributed by atoms with Crippen LogP contribution >= 0.6 is 27.5 Å². The van der Waals surface area contributed by atoms with E-state index in [1.54, 1.807) is 12.1 Å². The zero-order chi connectivity index (χ0) is 17.4. The summed E-state index contributed by atoms with van der Waals surface area (Å²) in [7, 11) is 0. The monoisotopic (exact) mass is 421 g/mol. The lowest BCUT2D eigenvalue weighted by Gasteiger charge is -2.18. The van der Waals surface area contributed by atoms with Crippen LogP contribution in [0.4, 0.5) is 5.69 Å². The predicted molar refractivity (Wildman–Crippen MR) is 101 cm³/mol. The number of amides is 1. The Labute approximate surface area is 159 Å². The first kappa shape index (κ1) is 16.7. The molecule has 0 bridgehead atoms. The fraction of sp³-hybridized carbons (Fsp3) is 0.316. The zero-order valence-electron chi connectivity index (χ0n) is 13.5. The van der Waals surface area contributed by atoms with Gasteiger partial charge in [0, 0.05) is 23.0 Å². The van der Waals surface area contributed by atoms with Gasteiger partial charge in [-0.3, -0.25) is 4.79 Å². The Balaban J connectivity index is 1.59. The Kier molecular flexibility index (Phi) is 4.38. The second-order valence-electron chi connectivity index (χ2n) is 6.37. The second kappa shape index (κ2) is 6.54. The molecule has 130 valence electrons. The molecule has 0 saturated heterocycles. The van der Waals surface area contributed by atoms with Gasteiger partial charge in [0.15, 0.2) is 11.5 Å². The van der Waals surface area contributed by atoms with Crippen LogP contribution in [0.2, 0.25) is 5.02 Å². The van der Waals surface area contributed by atoms with Gasteiger partial charge in [-0.1, -0.05) is 39.7 Å². The van der Waals surface area contributed by atoms with Crippen molar-refractivity contribution in [2.24, 2.45) is 0 Å². The minimum atomic E-state index is -0.464. The number of anilines is 1. The third-order valence-corrected chi connectivity index (χ3v) is 5.51. The van der Waals surface area contributed by atoms with Gasteiger partial charge in [0.2, 0.25) is 5.91 Å². The van der Waals surface area contributed by atoms with Gasteiger partial charge in [-0.25, -0.2) is 0 Å². The van der Waals surface area contributed by atoms with Crippen LogP contribution in [0, 0.1) is 0 Å². The fourth-order valence-corrected chi connectivity index (χ4v) is 3.53. The SMILES string of the molecule is O=C(Nc1cc2c(cc1Cl)OCCCO2)C1(c2ccc(Br)cc2)CC1. The van der Waals surface area contributed by atoms with Crippen molar-refractivity contribution in [3.05, 3.63) is 51.5 Å². The van der Waals surface area contributed by atoms with Crippen LogP contribution < -0.4 is 14.8 Å². The molecule has 1 aliphatic carbocycles. The Bertz CT molecular complexity index is 818. The summed E-state index contributed by atoms with van der Waals surface area (Å²) >= 11 is 9.77. The van der Waals surface area contributed by atoms with Crippen LogP contribution in [0.25, 0.3) is 0 Å². The van der Waals surface area contributed by atoms with Crippen LogP contribution in [0.15, 0.2) is 40.9 Å². The summed E-state index contributed by atoms with van der Waals surface area (Å²) in [6, 6.07) is 11.4. The van der Waals surface area contributed by atoms with E-state index in [-0.39, 0.29) is 5.91 Å². The van der Waals surface area contributed by atoms with Crippen molar-refractivity contribution in [1.82, 2.24) is 0 Å². The molecule has 2 aromatic carbocycles. The summed E-state index contributed by atoms with van der Waals surface area (Å²) in [4.78, 5) is 12.9. The zero-order valence-corrected chi connectivity index (χ0v) is 15.8. The molecule has 25 heavy (non-hydrogen) atoms. The minimum absolute atomic E-state index is 0.0359. The van der Waals surface area contributed by atoms with Crippen LogP contribution in [0.1, 0.15) is 24.8 Å². The molecule has 0 aromatic heterocycles. The molecule has 2 aliphatic rings. The molecule has 0 spiro atoms. The molecule has 2 aromatic rings. The predicted octanol–water partition coefficient (Wildman–Crippen LogP) is 4.93. The molecule has 1 fully saturated rings. The standard InChI is InChI=1S/C19H17BrClNO3/c20-13-4-2-12(3-5-13)19(6-7-19)18(23)22-15-11-17-16(10-14(15)21)24-8-1-9-25-17/h2-5,10-11H,1,6-9H2,(H,22,23). The van der Waals surface area contributed by atoms with E-state index in [0.29, 0.717) is 35.4 Å². The highest BCUT2D eigenvalue weighted by Gasteiger charge is 2.51. The van der Waals surface area contributed by atoms with Crippen LogP contribution in [0.3, 0.4) is 0 Å². The molecule has 0 radical (unpaired) electrons. The quantitative estimate of drug-likeness (QED) is 0.762. The number of halogens is 2. The van der Waals surface area contributed by atoms with Gasteiger partial charge in [0.25, 0.3) is 0 Å². The topological polar surface area (TPSA) is 47.6 Å². The van der Waals surface area contributed by atoms with Crippen LogP contribution in [0.5, 0.6) is 11.5 Å². The number of ether oxygens (including phenoxy) is 2. The lowest BCUT2D eigenvalue weighted by molar-refractivity contribution is -0.118. The molecule has 1 amide bonds. The minimum Gasteiger partial charge on any atom is -0.490 e. The maximum atomic E-state index is 12.9. The highest BCUT2D eigenvalue weighted by molar-refractivity contribution is 9.10. The van der Waals surface area contributed by atoms with E-state index in [9.17, 15) is 4.79 Å². The second-order valence-corrected chi connectivity index (χ2v) is 7.70. The molecular formula is C19H17BrClNO3. The maximum absolute atomic E-state index is 12.9. The first-order valence-electron chi connectivity index (χ1n) is 8.25. The molecule has 4 rings (SSSR count). The Morgan fingerprint density at radius 1 is 1.08 bits per heavy atom. The van der Waals surface area contributed by atoms with Crippen molar-refractivity contribution in [1.29, 1.82) is 0 Å². The van der Waals surface area contributed by atoms with Gasteiger partial charge < -0.3 is 14.8 Å². The van der Waals surface area contributed by atoms with Crippen molar-refractivity contribution < 1.29 is 14.3 Å². The summed E-state index contributed by atoms with van der Waals surface area (Å²) in [5.41, 5.74) is 1.12. The van der Waals surface area contributed by atoms with E-state index in [1.165, 1.54) is 0 Å². The summed E-state index contributed by atoms with van der Waals surface area (Å²) in [5, 5.41) is 3.43. The Morgan fingerprint density at radius 2 is 1.72 bits per heavy atom. The van der Waals surface area contributed by atoms with Gasteiger partial charge in [-0.2, -0.15) is 0 Å². The lowest BCUT2D eigenvalue weighted by atomic mass is 9.95. The van der Waals surface area contributed by atoms with Crippen molar-refractivity contribution in [3.63, 3.8) is 0 Å². The van der Waals surface area contributed by atoms with Crippen molar-refractivity contribution in [2.45, 2.75) is 24.7 Å². The number of fused-ring (bicyclic) bond motifs is 1. The fourth-order valence-electron chi connectivity index (χ4n) is 3.06. The van der Waals surface area contributed by atoms with Gasteiger partial charge >= 0.3 is 0 Å².